The number of nitrogens with zero attached hydrogens (tertiary/aromatic N) is 1. The molecular weight excluding hydrogens is 360 g/mol. The lowest BCUT2D eigenvalue weighted by atomic mass is 10.4. The van der Waals surface area contributed by atoms with E-state index < -0.39 is 11.2 Å². The maximum absolute atomic E-state index is 11.5. The minimum Gasteiger partial charge on any atom is -0.294 e. The SMILES string of the molecule is O=c1[nH]c(=O)n(Cc2ccc(Br)s2)cc1Br. The number of thiophene rings is 1. The molecule has 4 nitrogen and oxygen atoms in total. The van der Waals surface area contributed by atoms with Crippen molar-refractivity contribution in [3.05, 3.63) is 52.3 Å². The quantitative estimate of drug-likeness (QED) is 0.886. The highest BCUT2D eigenvalue weighted by Gasteiger charge is 2.04. The van der Waals surface area contributed by atoms with E-state index in [9.17, 15) is 9.59 Å². The number of hydrogen-bond donors (Lipinski definition) is 1. The van der Waals surface area contributed by atoms with Gasteiger partial charge in [-0.05, 0) is 44.0 Å². The van der Waals surface area contributed by atoms with Gasteiger partial charge in [-0.25, -0.2) is 4.79 Å². The highest BCUT2D eigenvalue weighted by atomic mass is 79.9. The molecule has 2 aromatic heterocycles. The van der Waals surface area contributed by atoms with E-state index in [2.05, 4.69) is 36.8 Å². The summed E-state index contributed by atoms with van der Waals surface area (Å²) in [7, 11) is 0. The van der Waals surface area contributed by atoms with Gasteiger partial charge in [0.15, 0.2) is 0 Å². The van der Waals surface area contributed by atoms with Crippen LogP contribution in [0.1, 0.15) is 4.88 Å². The third-order valence-electron chi connectivity index (χ3n) is 1.92. The maximum atomic E-state index is 11.5. The first-order valence-electron chi connectivity index (χ1n) is 4.30. The number of H-pyrrole nitrogens is 1. The molecule has 2 aromatic rings. The van der Waals surface area contributed by atoms with Gasteiger partial charge in [-0.1, -0.05) is 0 Å². The van der Waals surface area contributed by atoms with Crippen molar-refractivity contribution in [2.75, 3.05) is 0 Å². The van der Waals surface area contributed by atoms with Crippen LogP contribution in [-0.4, -0.2) is 9.55 Å². The Morgan fingerprint density at radius 2 is 2.06 bits per heavy atom. The van der Waals surface area contributed by atoms with Crippen LogP contribution in [-0.2, 0) is 6.54 Å². The highest BCUT2D eigenvalue weighted by molar-refractivity contribution is 9.11. The Labute approximate surface area is 111 Å². The van der Waals surface area contributed by atoms with Crippen LogP contribution in [0.5, 0.6) is 0 Å². The predicted molar refractivity (Wildman–Crippen MR) is 70.1 cm³/mol. The van der Waals surface area contributed by atoms with Gasteiger partial charge in [-0.3, -0.25) is 14.3 Å². The van der Waals surface area contributed by atoms with Crippen LogP contribution >= 0.6 is 43.2 Å². The molecule has 2 heterocycles. The smallest absolute Gasteiger partial charge is 0.294 e. The Morgan fingerprint density at radius 3 is 2.69 bits per heavy atom. The van der Waals surface area contributed by atoms with E-state index in [0.29, 0.717) is 11.0 Å². The van der Waals surface area contributed by atoms with E-state index >= 15 is 0 Å². The summed E-state index contributed by atoms with van der Waals surface area (Å²) < 4.78 is 2.81. The normalized spacial score (nSPS) is 10.6. The second-order valence-electron chi connectivity index (χ2n) is 3.07. The maximum Gasteiger partial charge on any atom is 0.328 e. The minimum absolute atomic E-state index is 0.350. The van der Waals surface area contributed by atoms with Gasteiger partial charge < -0.3 is 0 Å². The van der Waals surface area contributed by atoms with Gasteiger partial charge in [0, 0.05) is 11.1 Å². The first kappa shape index (κ1) is 11.8. The minimum atomic E-state index is -0.409. The Bertz CT molecular complexity index is 629. The van der Waals surface area contributed by atoms with Crippen LogP contribution < -0.4 is 11.2 Å². The van der Waals surface area contributed by atoms with Crippen molar-refractivity contribution in [3.63, 3.8) is 0 Å². The molecule has 0 atom stereocenters. The van der Waals surface area contributed by atoms with E-state index in [1.807, 2.05) is 12.1 Å². The molecule has 0 saturated carbocycles. The molecule has 1 N–H and O–H groups in total. The summed E-state index contributed by atoms with van der Waals surface area (Å²) in [5, 5.41) is 0. The molecule has 2 rings (SSSR count). The van der Waals surface area contributed by atoms with E-state index in [4.69, 9.17) is 0 Å². The Balaban J connectivity index is 2.39. The predicted octanol–water partition coefficient (Wildman–Crippen LogP) is 2.17. The average molecular weight is 366 g/mol. The molecule has 84 valence electrons. The highest BCUT2D eigenvalue weighted by Crippen LogP contribution is 2.22. The number of nitrogens with one attached hydrogen (secondary N) is 1. The number of halogens is 2. The van der Waals surface area contributed by atoms with Crippen molar-refractivity contribution in [3.8, 4) is 0 Å². The molecule has 0 spiro atoms. The van der Waals surface area contributed by atoms with Gasteiger partial charge >= 0.3 is 5.69 Å². The van der Waals surface area contributed by atoms with Crippen molar-refractivity contribution in [1.29, 1.82) is 0 Å². The fraction of sp³-hybridized carbons (Fsp3) is 0.111. The summed E-state index contributed by atoms with van der Waals surface area (Å²) in [4.78, 5) is 25.9. The fourth-order valence-electron chi connectivity index (χ4n) is 1.20. The monoisotopic (exact) mass is 364 g/mol. The lowest BCUT2D eigenvalue weighted by molar-refractivity contribution is 0.724. The van der Waals surface area contributed by atoms with Crippen molar-refractivity contribution < 1.29 is 0 Å². The molecule has 16 heavy (non-hydrogen) atoms. The molecule has 0 aromatic carbocycles. The van der Waals surface area contributed by atoms with Crippen molar-refractivity contribution >= 4 is 43.2 Å². The summed E-state index contributed by atoms with van der Waals surface area (Å²) in [5.41, 5.74) is -0.814. The van der Waals surface area contributed by atoms with Crippen LogP contribution in [0.2, 0.25) is 0 Å². The number of aromatic nitrogens is 2. The van der Waals surface area contributed by atoms with Crippen LogP contribution in [0.25, 0.3) is 0 Å². The summed E-state index contributed by atoms with van der Waals surface area (Å²) in [6, 6.07) is 3.85. The number of hydrogen-bond acceptors (Lipinski definition) is 3. The number of rotatable bonds is 2. The molecule has 0 saturated heterocycles. The van der Waals surface area contributed by atoms with Gasteiger partial charge in [0.05, 0.1) is 14.8 Å². The first-order valence-corrected chi connectivity index (χ1v) is 6.70. The third kappa shape index (κ3) is 2.53. The fourth-order valence-corrected chi connectivity index (χ4v) is 3.03. The Hall–Kier alpha value is -0.660. The van der Waals surface area contributed by atoms with E-state index in [-0.39, 0.29) is 0 Å². The number of aromatic amines is 1. The van der Waals surface area contributed by atoms with Crippen LogP contribution in [0.4, 0.5) is 0 Å². The summed E-state index contributed by atoms with van der Waals surface area (Å²) in [6.07, 6.45) is 1.49. The van der Waals surface area contributed by atoms with Crippen LogP contribution in [0.3, 0.4) is 0 Å². The molecule has 7 heteroatoms. The van der Waals surface area contributed by atoms with Crippen LogP contribution in [0.15, 0.2) is 36.2 Å². The summed E-state index contributed by atoms with van der Waals surface area (Å²) >= 11 is 7.99. The van der Waals surface area contributed by atoms with E-state index in [1.165, 1.54) is 10.8 Å². The Kier molecular flexibility index (Phi) is 3.46. The van der Waals surface area contributed by atoms with Gasteiger partial charge in [0.1, 0.15) is 0 Å². The van der Waals surface area contributed by atoms with Crippen molar-refractivity contribution in [1.82, 2.24) is 9.55 Å². The molecule has 0 aliphatic rings. The second kappa shape index (κ2) is 4.68. The molecule has 0 radical (unpaired) electrons. The molecular formula is C9H6Br2N2O2S. The molecule has 0 aliphatic carbocycles. The lowest BCUT2D eigenvalue weighted by Crippen LogP contribution is -2.29. The van der Waals surface area contributed by atoms with Crippen molar-refractivity contribution in [2.24, 2.45) is 0 Å². The average Bonchev–Trinajstić information content (AvgIpc) is 2.60. The van der Waals surface area contributed by atoms with Crippen LogP contribution in [0, 0.1) is 0 Å². The second-order valence-corrected chi connectivity index (χ2v) is 6.47. The van der Waals surface area contributed by atoms with Crippen molar-refractivity contribution in [2.45, 2.75) is 6.54 Å². The summed E-state index contributed by atoms with van der Waals surface area (Å²) in [5.74, 6) is 0. The summed E-state index contributed by atoms with van der Waals surface area (Å²) in [6.45, 7) is 0.449. The van der Waals surface area contributed by atoms with Gasteiger partial charge in [-0.15, -0.1) is 11.3 Å². The topological polar surface area (TPSA) is 54.9 Å². The van der Waals surface area contributed by atoms with Gasteiger partial charge in [0.25, 0.3) is 5.56 Å². The molecule has 0 aliphatic heterocycles. The van der Waals surface area contributed by atoms with Gasteiger partial charge in [0.2, 0.25) is 0 Å². The Morgan fingerprint density at radius 1 is 1.31 bits per heavy atom. The molecule has 0 unspecified atom stereocenters. The first-order chi connectivity index (χ1) is 7.56. The molecule has 0 amide bonds. The van der Waals surface area contributed by atoms with E-state index in [1.54, 1.807) is 11.3 Å². The molecule has 0 fully saturated rings. The largest absolute Gasteiger partial charge is 0.328 e. The lowest BCUT2D eigenvalue weighted by Gasteiger charge is -2.02. The molecule has 0 bridgehead atoms. The zero-order valence-electron chi connectivity index (χ0n) is 7.87. The zero-order valence-corrected chi connectivity index (χ0v) is 11.9. The third-order valence-corrected chi connectivity index (χ3v) is 4.10. The zero-order chi connectivity index (χ0) is 11.7. The van der Waals surface area contributed by atoms with Gasteiger partial charge in [-0.2, -0.15) is 0 Å². The standard InChI is InChI=1S/C9H6Br2N2O2S/c10-6-4-13(9(15)12-8(6)14)3-5-1-2-7(11)16-5/h1-2,4H,3H2,(H,12,14,15). The van der Waals surface area contributed by atoms with E-state index in [0.717, 1.165) is 8.66 Å².